The van der Waals surface area contributed by atoms with Crippen molar-refractivity contribution < 1.29 is 4.39 Å². The highest BCUT2D eigenvalue weighted by Gasteiger charge is 2.23. The van der Waals surface area contributed by atoms with E-state index in [0.717, 1.165) is 37.3 Å². The summed E-state index contributed by atoms with van der Waals surface area (Å²) >= 11 is 0. The summed E-state index contributed by atoms with van der Waals surface area (Å²) in [5, 5.41) is 11.6. The number of benzene rings is 1. The molecule has 1 aliphatic carbocycles. The van der Waals surface area contributed by atoms with Crippen molar-refractivity contribution in [1.29, 1.82) is 0 Å². The minimum absolute atomic E-state index is 0. The van der Waals surface area contributed by atoms with E-state index in [-0.39, 0.29) is 29.8 Å². The number of guanidine groups is 1. The molecule has 0 saturated carbocycles. The average Bonchev–Trinajstić information content (AvgIpc) is 3.06. The molecular formula is C21H31FIN5. The zero-order valence-electron chi connectivity index (χ0n) is 17.1. The smallest absolute Gasteiger partial charge is 0.191 e. The van der Waals surface area contributed by atoms with Crippen LogP contribution in [0.4, 0.5) is 4.39 Å². The average molecular weight is 499 g/mol. The zero-order chi connectivity index (χ0) is 19.4. The fraction of sp³-hybridized carbons (Fsp3) is 0.524. The number of aliphatic imine (C=N–C) groups is 1. The molecule has 5 nitrogen and oxygen atoms in total. The Morgan fingerprint density at radius 2 is 2.18 bits per heavy atom. The molecule has 2 aromatic rings. The van der Waals surface area contributed by atoms with Crippen molar-refractivity contribution in [2.45, 2.75) is 65.6 Å². The first-order valence-electron chi connectivity index (χ1n) is 9.83. The Kier molecular flexibility index (Phi) is 8.27. The molecule has 0 saturated heterocycles. The van der Waals surface area contributed by atoms with Gasteiger partial charge in [0.1, 0.15) is 5.82 Å². The highest BCUT2D eigenvalue weighted by molar-refractivity contribution is 14.0. The lowest BCUT2D eigenvalue weighted by atomic mass is 9.94. The van der Waals surface area contributed by atoms with Crippen LogP contribution in [-0.4, -0.2) is 28.3 Å². The second kappa shape index (κ2) is 10.2. The van der Waals surface area contributed by atoms with Crippen molar-refractivity contribution in [3.63, 3.8) is 0 Å². The van der Waals surface area contributed by atoms with Crippen LogP contribution in [-0.2, 0) is 19.4 Å². The predicted molar refractivity (Wildman–Crippen MR) is 123 cm³/mol. The third-order valence-corrected chi connectivity index (χ3v) is 4.95. The van der Waals surface area contributed by atoms with Gasteiger partial charge in [-0.3, -0.25) is 4.68 Å². The molecule has 0 bridgehead atoms. The molecule has 0 amide bonds. The van der Waals surface area contributed by atoms with Crippen molar-refractivity contribution in [3.05, 3.63) is 52.6 Å². The summed E-state index contributed by atoms with van der Waals surface area (Å²) in [6.07, 6.45) is 5.20. The number of nitrogens with one attached hydrogen (secondary N) is 2. The van der Waals surface area contributed by atoms with E-state index in [4.69, 9.17) is 5.10 Å². The summed E-state index contributed by atoms with van der Waals surface area (Å²) in [6, 6.07) is 5.86. The van der Waals surface area contributed by atoms with Gasteiger partial charge in [0.15, 0.2) is 5.96 Å². The quantitative estimate of drug-likeness (QED) is 0.370. The molecule has 1 aliphatic rings. The summed E-state index contributed by atoms with van der Waals surface area (Å²) in [7, 11) is 0. The number of hydrogen-bond acceptors (Lipinski definition) is 2. The van der Waals surface area contributed by atoms with Gasteiger partial charge in [-0.1, -0.05) is 12.1 Å². The van der Waals surface area contributed by atoms with E-state index in [1.54, 1.807) is 13.0 Å². The van der Waals surface area contributed by atoms with Crippen molar-refractivity contribution in [2.24, 2.45) is 4.99 Å². The second-order valence-corrected chi connectivity index (χ2v) is 7.54. The van der Waals surface area contributed by atoms with Crippen LogP contribution < -0.4 is 10.6 Å². The normalized spacial score (nSPS) is 16.5. The number of aryl methyl sites for hydroxylation is 2. The third-order valence-electron chi connectivity index (χ3n) is 4.95. The lowest BCUT2D eigenvalue weighted by Crippen LogP contribution is -2.45. The van der Waals surface area contributed by atoms with Crippen molar-refractivity contribution in [3.8, 4) is 0 Å². The molecule has 1 unspecified atom stereocenters. The maximum atomic E-state index is 13.4. The Labute approximate surface area is 184 Å². The van der Waals surface area contributed by atoms with Gasteiger partial charge >= 0.3 is 0 Å². The Hall–Kier alpha value is -1.64. The number of nitrogens with zero attached hydrogens (tertiary/aromatic N) is 3. The third kappa shape index (κ3) is 5.68. The molecule has 0 spiro atoms. The van der Waals surface area contributed by atoms with E-state index < -0.39 is 0 Å². The van der Waals surface area contributed by atoms with Crippen LogP contribution >= 0.6 is 24.0 Å². The van der Waals surface area contributed by atoms with Crippen LogP contribution in [0.2, 0.25) is 0 Å². The molecule has 28 heavy (non-hydrogen) atoms. The minimum atomic E-state index is -0.174. The number of fused-ring (bicyclic) bond motifs is 1. The van der Waals surface area contributed by atoms with Crippen LogP contribution in [0.15, 0.2) is 29.4 Å². The van der Waals surface area contributed by atoms with E-state index in [1.807, 2.05) is 6.07 Å². The van der Waals surface area contributed by atoms with E-state index in [9.17, 15) is 4.39 Å². The summed E-state index contributed by atoms with van der Waals surface area (Å²) in [4.78, 5) is 4.68. The molecule has 2 N–H and O–H groups in total. The molecule has 1 aromatic carbocycles. The zero-order valence-corrected chi connectivity index (χ0v) is 19.5. The van der Waals surface area contributed by atoms with Gasteiger partial charge in [0.05, 0.1) is 12.2 Å². The largest absolute Gasteiger partial charge is 0.357 e. The number of hydrogen-bond donors (Lipinski definition) is 2. The van der Waals surface area contributed by atoms with E-state index in [0.29, 0.717) is 24.2 Å². The SMILES string of the molecule is CCNC(=NCc1ccc(F)c(C)c1)NC1CCc2cn(C(C)C)nc2C1.I. The van der Waals surface area contributed by atoms with Crippen LogP contribution in [0, 0.1) is 12.7 Å². The van der Waals surface area contributed by atoms with Crippen LogP contribution in [0.5, 0.6) is 0 Å². The molecule has 0 fully saturated rings. The summed E-state index contributed by atoms with van der Waals surface area (Å²) in [6.45, 7) is 9.47. The molecule has 3 rings (SSSR count). The molecule has 0 radical (unpaired) electrons. The molecule has 7 heteroatoms. The standard InChI is InChI=1S/C21H30FN5.HI/c1-5-23-21(24-12-16-6-9-19(22)15(4)10-16)25-18-8-7-17-13-27(14(2)3)26-20(17)11-18;/h6,9-10,13-14,18H,5,7-8,11-12H2,1-4H3,(H2,23,24,25);1H. The van der Waals surface area contributed by atoms with Gasteiger partial charge in [0, 0.05) is 31.2 Å². The van der Waals surface area contributed by atoms with Crippen molar-refractivity contribution in [2.75, 3.05) is 6.54 Å². The highest BCUT2D eigenvalue weighted by atomic mass is 127. The summed E-state index contributed by atoms with van der Waals surface area (Å²) in [5.74, 6) is 0.628. The lowest BCUT2D eigenvalue weighted by Gasteiger charge is -2.24. The number of rotatable bonds is 5. The van der Waals surface area contributed by atoms with Gasteiger partial charge in [-0.05, 0) is 63.3 Å². The van der Waals surface area contributed by atoms with Gasteiger partial charge in [-0.15, -0.1) is 24.0 Å². The van der Waals surface area contributed by atoms with Crippen LogP contribution in [0.25, 0.3) is 0 Å². The Bertz CT molecular complexity index is 815. The van der Waals surface area contributed by atoms with Crippen LogP contribution in [0.3, 0.4) is 0 Å². The summed E-state index contributed by atoms with van der Waals surface area (Å²) < 4.78 is 15.5. The second-order valence-electron chi connectivity index (χ2n) is 7.54. The molecule has 1 atom stereocenters. The van der Waals surface area contributed by atoms with E-state index in [2.05, 4.69) is 47.3 Å². The molecule has 1 heterocycles. The topological polar surface area (TPSA) is 54.2 Å². The maximum Gasteiger partial charge on any atom is 0.191 e. The highest BCUT2D eigenvalue weighted by Crippen LogP contribution is 2.21. The lowest BCUT2D eigenvalue weighted by molar-refractivity contribution is 0.499. The molecule has 154 valence electrons. The van der Waals surface area contributed by atoms with Crippen molar-refractivity contribution >= 4 is 29.9 Å². The molecule has 1 aromatic heterocycles. The fourth-order valence-electron chi connectivity index (χ4n) is 3.39. The first-order chi connectivity index (χ1) is 13.0. The Morgan fingerprint density at radius 1 is 1.39 bits per heavy atom. The van der Waals surface area contributed by atoms with Gasteiger partial charge < -0.3 is 10.6 Å². The maximum absolute atomic E-state index is 13.4. The van der Waals surface area contributed by atoms with Gasteiger partial charge in [-0.2, -0.15) is 5.10 Å². The Morgan fingerprint density at radius 3 is 2.86 bits per heavy atom. The summed E-state index contributed by atoms with van der Waals surface area (Å²) in [5.41, 5.74) is 4.22. The van der Waals surface area contributed by atoms with E-state index >= 15 is 0 Å². The van der Waals surface area contributed by atoms with Crippen LogP contribution in [0.1, 0.15) is 55.6 Å². The first-order valence-corrected chi connectivity index (χ1v) is 9.83. The first kappa shape index (κ1) is 22.6. The predicted octanol–water partition coefficient (Wildman–Crippen LogP) is 4.14. The molecule has 0 aliphatic heterocycles. The molecular weight excluding hydrogens is 468 g/mol. The monoisotopic (exact) mass is 499 g/mol. The number of aromatic nitrogens is 2. The number of halogens is 2. The van der Waals surface area contributed by atoms with Gasteiger partial charge in [0.2, 0.25) is 0 Å². The van der Waals surface area contributed by atoms with Crippen molar-refractivity contribution in [1.82, 2.24) is 20.4 Å². The van der Waals surface area contributed by atoms with Gasteiger partial charge in [-0.25, -0.2) is 9.38 Å². The fourth-order valence-corrected chi connectivity index (χ4v) is 3.39. The minimum Gasteiger partial charge on any atom is -0.357 e. The Balaban J connectivity index is 0.00000280. The van der Waals surface area contributed by atoms with Gasteiger partial charge in [0.25, 0.3) is 0 Å². The van der Waals surface area contributed by atoms with E-state index in [1.165, 1.54) is 17.3 Å².